The second-order valence-corrected chi connectivity index (χ2v) is 9.13. The van der Waals surface area contributed by atoms with Gasteiger partial charge in [-0.05, 0) is 42.3 Å². The van der Waals surface area contributed by atoms with E-state index in [-0.39, 0.29) is 18.7 Å². The first-order valence-electron chi connectivity index (χ1n) is 10.2. The van der Waals surface area contributed by atoms with Crippen molar-refractivity contribution < 1.29 is 14.3 Å². The van der Waals surface area contributed by atoms with Crippen molar-refractivity contribution in [3.63, 3.8) is 0 Å². The van der Waals surface area contributed by atoms with Crippen LogP contribution in [0, 0.1) is 0 Å². The Hall–Kier alpha value is -2.64. The van der Waals surface area contributed by atoms with Crippen LogP contribution in [0.25, 0.3) is 4.91 Å². The normalized spacial score (nSPS) is 19.8. The fourth-order valence-corrected chi connectivity index (χ4v) is 4.94. The molecule has 3 heterocycles. The first-order chi connectivity index (χ1) is 15.1. The molecule has 2 aromatic rings. The third-order valence-electron chi connectivity index (χ3n) is 5.66. The summed E-state index contributed by atoms with van der Waals surface area (Å²) in [7, 11) is 0. The van der Waals surface area contributed by atoms with Gasteiger partial charge in [0, 0.05) is 28.5 Å². The molecule has 8 heteroatoms. The van der Waals surface area contributed by atoms with Crippen LogP contribution in [0.5, 0.6) is 11.5 Å². The van der Waals surface area contributed by atoms with Crippen LogP contribution >= 0.6 is 23.4 Å². The van der Waals surface area contributed by atoms with E-state index in [9.17, 15) is 4.79 Å². The van der Waals surface area contributed by atoms with Gasteiger partial charge in [-0.25, -0.2) is 0 Å². The van der Waals surface area contributed by atoms with E-state index in [1.54, 1.807) is 11.8 Å². The Morgan fingerprint density at radius 3 is 2.77 bits per heavy atom. The Labute approximate surface area is 190 Å². The molecule has 1 atom stereocenters. The molecule has 3 aliphatic rings. The number of hydrogen-bond acceptors (Lipinski definition) is 6. The first-order valence-corrected chi connectivity index (χ1v) is 11.6. The van der Waals surface area contributed by atoms with E-state index in [1.165, 1.54) is 0 Å². The van der Waals surface area contributed by atoms with Crippen molar-refractivity contribution in [2.45, 2.75) is 18.9 Å². The van der Waals surface area contributed by atoms with Gasteiger partial charge in [0.25, 0.3) is 0 Å². The molecule has 31 heavy (non-hydrogen) atoms. The van der Waals surface area contributed by atoms with Crippen LogP contribution < -0.4 is 9.47 Å². The van der Waals surface area contributed by atoms with Gasteiger partial charge in [0.2, 0.25) is 12.7 Å². The molecule has 6 nitrogen and oxygen atoms in total. The summed E-state index contributed by atoms with van der Waals surface area (Å²) < 4.78 is 10.8. The number of amides is 1. The third-order valence-corrected chi connectivity index (χ3v) is 6.92. The minimum Gasteiger partial charge on any atom is -0.454 e. The van der Waals surface area contributed by atoms with E-state index in [2.05, 4.69) is 6.58 Å². The molecule has 0 radical (unpaired) electrons. The van der Waals surface area contributed by atoms with Crippen LogP contribution in [0.1, 0.15) is 24.0 Å². The second-order valence-electron chi connectivity index (χ2n) is 7.65. The highest BCUT2D eigenvalue weighted by atomic mass is 35.5. The third kappa shape index (κ3) is 4.12. The average Bonchev–Trinajstić information content (AvgIpc) is 3.51. The number of halogens is 1. The fraction of sp³-hybridized carbons (Fsp3) is 0.304. The first kappa shape index (κ1) is 20.3. The molecule has 1 saturated heterocycles. The highest BCUT2D eigenvalue weighted by Crippen LogP contribution is 2.37. The summed E-state index contributed by atoms with van der Waals surface area (Å²) >= 11 is 7.69. The van der Waals surface area contributed by atoms with E-state index >= 15 is 0 Å². The molecule has 1 unspecified atom stereocenters. The molecule has 1 amide bonds. The number of rotatable bonds is 6. The monoisotopic (exact) mass is 455 g/mol. The SMILES string of the molecule is C=C(SCN1CC(N2CCCC2=O)C(c2ccc(Cl)cc2)=N1)c1ccc2c(c1)OCO2. The van der Waals surface area contributed by atoms with Gasteiger partial charge < -0.3 is 14.4 Å². The molecule has 0 spiro atoms. The average molecular weight is 456 g/mol. The van der Waals surface area contributed by atoms with Crippen LogP contribution in [0.15, 0.2) is 54.1 Å². The molecule has 3 aliphatic heterocycles. The lowest BCUT2D eigenvalue weighted by Crippen LogP contribution is -2.43. The highest BCUT2D eigenvalue weighted by molar-refractivity contribution is 8.08. The van der Waals surface area contributed by atoms with Crippen molar-refractivity contribution in [3.8, 4) is 11.5 Å². The summed E-state index contributed by atoms with van der Waals surface area (Å²) in [5.41, 5.74) is 2.92. The maximum Gasteiger partial charge on any atom is 0.231 e. The van der Waals surface area contributed by atoms with Gasteiger partial charge in [0.05, 0.1) is 24.2 Å². The summed E-state index contributed by atoms with van der Waals surface area (Å²) in [4.78, 5) is 15.3. The molecule has 160 valence electrons. The molecule has 0 aromatic heterocycles. The molecule has 0 aliphatic carbocycles. The van der Waals surface area contributed by atoms with E-state index < -0.39 is 0 Å². The van der Waals surface area contributed by atoms with Gasteiger partial charge in [-0.3, -0.25) is 9.80 Å². The number of hydrazone groups is 1. The Kier molecular flexibility index (Phi) is 5.54. The van der Waals surface area contributed by atoms with Gasteiger partial charge in [-0.15, -0.1) is 11.8 Å². The number of benzene rings is 2. The van der Waals surface area contributed by atoms with E-state index in [1.807, 2.05) is 52.4 Å². The summed E-state index contributed by atoms with van der Waals surface area (Å²) in [6.07, 6.45) is 1.51. The lowest BCUT2D eigenvalue weighted by molar-refractivity contribution is -0.128. The minimum absolute atomic E-state index is 0.0458. The lowest BCUT2D eigenvalue weighted by atomic mass is 10.0. The van der Waals surface area contributed by atoms with Crippen molar-refractivity contribution in [2.24, 2.45) is 5.10 Å². The summed E-state index contributed by atoms with van der Waals surface area (Å²) in [5.74, 6) is 2.35. The minimum atomic E-state index is -0.0458. The molecule has 0 N–H and O–H groups in total. The van der Waals surface area contributed by atoms with E-state index in [0.29, 0.717) is 23.9 Å². The topological polar surface area (TPSA) is 54.4 Å². The summed E-state index contributed by atoms with van der Waals surface area (Å²) in [6.45, 7) is 5.92. The fourth-order valence-electron chi connectivity index (χ4n) is 4.05. The number of fused-ring (bicyclic) bond motifs is 1. The summed E-state index contributed by atoms with van der Waals surface area (Å²) in [5, 5.41) is 7.58. The number of nitrogens with zero attached hydrogens (tertiary/aromatic N) is 3. The van der Waals surface area contributed by atoms with Gasteiger partial charge in [-0.2, -0.15) is 5.10 Å². The zero-order chi connectivity index (χ0) is 21.4. The van der Waals surface area contributed by atoms with Crippen molar-refractivity contribution in [1.82, 2.24) is 9.91 Å². The van der Waals surface area contributed by atoms with Crippen LogP contribution in [-0.2, 0) is 4.79 Å². The zero-order valence-electron chi connectivity index (χ0n) is 16.9. The summed E-state index contributed by atoms with van der Waals surface area (Å²) in [6, 6.07) is 13.5. The Balaban J connectivity index is 1.31. The maximum absolute atomic E-state index is 12.4. The number of ether oxygens (including phenoxy) is 2. The van der Waals surface area contributed by atoms with E-state index in [0.717, 1.165) is 46.2 Å². The standard InChI is InChI=1S/C23H22ClN3O3S/c1-15(17-6-9-20-21(11-17)30-14-29-20)31-13-26-12-19(27-10-2-3-22(27)28)23(25-26)16-4-7-18(24)8-5-16/h4-9,11,19H,1-3,10,12-14H2. The van der Waals surface area contributed by atoms with E-state index in [4.69, 9.17) is 26.2 Å². The predicted octanol–water partition coefficient (Wildman–Crippen LogP) is 4.44. The molecule has 0 saturated carbocycles. The maximum atomic E-state index is 12.4. The van der Waals surface area contributed by atoms with Crippen LogP contribution in [0.3, 0.4) is 0 Å². The molecular formula is C23H22ClN3O3S. The van der Waals surface area contributed by atoms with Crippen LogP contribution in [-0.4, -0.2) is 53.3 Å². The van der Waals surface area contributed by atoms with Crippen molar-refractivity contribution in [3.05, 3.63) is 65.2 Å². The molecule has 5 rings (SSSR count). The second kappa shape index (κ2) is 8.48. The number of hydrogen-bond donors (Lipinski definition) is 0. The van der Waals surface area contributed by atoms with Crippen molar-refractivity contribution in [1.29, 1.82) is 0 Å². The van der Waals surface area contributed by atoms with Gasteiger partial charge in [0.1, 0.15) is 0 Å². The largest absolute Gasteiger partial charge is 0.454 e. The lowest BCUT2D eigenvalue weighted by Gasteiger charge is -2.25. The molecule has 1 fully saturated rings. The zero-order valence-corrected chi connectivity index (χ0v) is 18.5. The van der Waals surface area contributed by atoms with Gasteiger partial charge in [0.15, 0.2) is 11.5 Å². The van der Waals surface area contributed by atoms with Crippen LogP contribution in [0.4, 0.5) is 0 Å². The smallest absolute Gasteiger partial charge is 0.231 e. The number of thioether (sulfide) groups is 1. The molecular weight excluding hydrogens is 434 g/mol. The molecule has 0 bridgehead atoms. The predicted molar refractivity (Wildman–Crippen MR) is 123 cm³/mol. The highest BCUT2D eigenvalue weighted by Gasteiger charge is 2.37. The van der Waals surface area contributed by atoms with Crippen molar-refractivity contribution >= 4 is 39.9 Å². The number of carbonyl (C=O) groups is 1. The number of carbonyl (C=O) groups excluding carboxylic acids is 1. The molecule has 2 aromatic carbocycles. The quantitative estimate of drug-likeness (QED) is 0.644. The van der Waals surface area contributed by atoms with Crippen LogP contribution in [0.2, 0.25) is 5.02 Å². The number of likely N-dealkylation sites (tertiary alicyclic amines) is 1. The van der Waals surface area contributed by atoms with Gasteiger partial charge >= 0.3 is 0 Å². The van der Waals surface area contributed by atoms with Crippen molar-refractivity contribution in [2.75, 3.05) is 25.8 Å². The Morgan fingerprint density at radius 2 is 2.00 bits per heavy atom. The Bertz CT molecular complexity index is 1060. The Morgan fingerprint density at radius 1 is 1.19 bits per heavy atom. The van der Waals surface area contributed by atoms with Gasteiger partial charge in [-0.1, -0.05) is 30.3 Å².